The first kappa shape index (κ1) is 21.6. The number of hydrogen-bond acceptors (Lipinski definition) is 6. The molecule has 1 aromatic rings. The van der Waals surface area contributed by atoms with E-state index >= 15 is 0 Å². The number of morpholine rings is 1. The first-order valence-electron chi connectivity index (χ1n) is 8.44. The van der Waals surface area contributed by atoms with Gasteiger partial charge in [0.05, 0.1) is 24.5 Å². The molecule has 1 fully saturated rings. The molecule has 1 aliphatic rings. The fourth-order valence-corrected chi connectivity index (χ4v) is 3.32. The van der Waals surface area contributed by atoms with Gasteiger partial charge in [-0.05, 0) is 19.1 Å². The third-order valence-electron chi connectivity index (χ3n) is 3.93. The number of ether oxygens (including phenoxy) is 2. The van der Waals surface area contributed by atoms with Crippen molar-refractivity contribution in [2.45, 2.75) is 13.0 Å². The summed E-state index contributed by atoms with van der Waals surface area (Å²) in [6, 6.07) is 4.13. The Morgan fingerprint density at radius 1 is 1.44 bits per heavy atom. The lowest BCUT2D eigenvalue weighted by Crippen LogP contribution is -2.48. The van der Waals surface area contributed by atoms with Gasteiger partial charge in [0, 0.05) is 26.7 Å². The molecule has 0 radical (unpaired) electrons. The molecule has 1 aromatic carbocycles. The van der Waals surface area contributed by atoms with Crippen molar-refractivity contribution < 1.29 is 23.5 Å². The molecule has 27 heavy (non-hydrogen) atoms. The van der Waals surface area contributed by atoms with Gasteiger partial charge in [-0.15, -0.1) is 0 Å². The van der Waals surface area contributed by atoms with E-state index in [1.165, 1.54) is 30.8 Å². The maximum Gasteiger partial charge on any atom is 0.233 e. The Hall–Kier alpha value is -1.71. The van der Waals surface area contributed by atoms with Crippen LogP contribution in [0.2, 0.25) is 0 Å². The Morgan fingerprint density at radius 3 is 2.81 bits per heavy atom. The van der Waals surface area contributed by atoms with Crippen LogP contribution in [0.1, 0.15) is 17.3 Å². The predicted octanol–water partition coefficient (Wildman–Crippen LogP) is 2.21. The largest absolute Gasteiger partial charge is 0.491 e. The van der Waals surface area contributed by atoms with Gasteiger partial charge in [-0.3, -0.25) is 9.59 Å². The summed E-state index contributed by atoms with van der Waals surface area (Å²) in [5, 5.41) is 0. The Balaban J connectivity index is 1.84. The van der Waals surface area contributed by atoms with Gasteiger partial charge in [-0.1, -0.05) is 24.0 Å². The molecule has 0 spiro atoms. The standard InChI is InChI=1S/C18H23FN2O4S2/c1-12(22)15-5-4-13(8-16(15)19)25-10-14-9-21(6-7-24-14)17(23)11-27-18(26)20(2)3/h4-5,8,14H,6-7,9-11H2,1-3H3. The SMILES string of the molecule is CC(=O)c1ccc(OCC2CN(C(=O)CSC(=S)N(C)C)CCO2)cc1F. The van der Waals surface area contributed by atoms with Gasteiger partial charge in [-0.2, -0.15) is 0 Å². The number of carbonyl (C=O) groups excluding carboxylic acids is 2. The van der Waals surface area contributed by atoms with Gasteiger partial charge in [-0.25, -0.2) is 4.39 Å². The highest BCUT2D eigenvalue weighted by molar-refractivity contribution is 8.23. The topological polar surface area (TPSA) is 59.1 Å². The second-order valence-electron chi connectivity index (χ2n) is 6.29. The van der Waals surface area contributed by atoms with Crippen LogP contribution in [0, 0.1) is 5.82 Å². The second kappa shape index (κ2) is 10.0. The number of hydrogen-bond donors (Lipinski definition) is 0. The molecule has 9 heteroatoms. The second-order valence-corrected chi connectivity index (χ2v) is 7.90. The lowest BCUT2D eigenvalue weighted by Gasteiger charge is -2.33. The van der Waals surface area contributed by atoms with Crippen LogP contribution in [-0.2, 0) is 9.53 Å². The summed E-state index contributed by atoms with van der Waals surface area (Å²) < 4.78 is 25.7. The van der Waals surface area contributed by atoms with Crippen molar-refractivity contribution in [3.05, 3.63) is 29.6 Å². The van der Waals surface area contributed by atoms with E-state index in [0.717, 1.165) is 0 Å². The molecule has 0 aromatic heterocycles. The Bertz CT molecular complexity index is 715. The third kappa shape index (κ3) is 6.44. The van der Waals surface area contributed by atoms with Crippen molar-refractivity contribution in [1.29, 1.82) is 0 Å². The number of thiocarbonyl (C=S) groups is 1. The van der Waals surface area contributed by atoms with E-state index in [0.29, 0.717) is 29.8 Å². The van der Waals surface area contributed by atoms with E-state index in [1.54, 1.807) is 15.9 Å². The molecule has 6 nitrogen and oxygen atoms in total. The van der Waals surface area contributed by atoms with Gasteiger partial charge < -0.3 is 19.3 Å². The fraction of sp³-hybridized carbons (Fsp3) is 0.500. The van der Waals surface area contributed by atoms with E-state index in [9.17, 15) is 14.0 Å². The maximum atomic E-state index is 13.8. The molecule has 0 bridgehead atoms. The number of halogens is 1. The first-order valence-corrected chi connectivity index (χ1v) is 9.84. The zero-order valence-corrected chi connectivity index (χ0v) is 17.2. The minimum absolute atomic E-state index is 0.00523. The molecule has 1 atom stereocenters. The summed E-state index contributed by atoms with van der Waals surface area (Å²) in [6.07, 6.45) is -0.302. The highest BCUT2D eigenvalue weighted by Crippen LogP contribution is 2.18. The van der Waals surface area contributed by atoms with E-state index in [2.05, 4.69) is 0 Å². The third-order valence-corrected chi connectivity index (χ3v) is 5.65. The number of Topliss-reactive ketones (excluding diaryl/α,β-unsaturated/α-hetero) is 1. The molecule has 1 unspecified atom stereocenters. The van der Waals surface area contributed by atoms with Crippen LogP contribution in [0.3, 0.4) is 0 Å². The molecule has 1 amide bonds. The molecule has 0 aliphatic carbocycles. The number of amides is 1. The van der Waals surface area contributed by atoms with Crippen LogP contribution in [0.4, 0.5) is 4.39 Å². The number of thioether (sulfide) groups is 1. The van der Waals surface area contributed by atoms with E-state index in [4.69, 9.17) is 21.7 Å². The Kier molecular flexibility index (Phi) is 8.00. The van der Waals surface area contributed by atoms with Crippen LogP contribution in [0.15, 0.2) is 18.2 Å². The van der Waals surface area contributed by atoms with Gasteiger partial charge in [0.2, 0.25) is 5.91 Å². The zero-order chi connectivity index (χ0) is 20.0. The smallest absolute Gasteiger partial charge is 0.233 e. The van der Waals surface area contributed by atoms with Gasteiger partial charge >= 0.3 is 0 Å². The van der Waals surface area contributed by atoms with Gasteiger partial charge in [0.1, 0.15) is 28.6 Å². The van der Waals surface area contributed by atoms with Gasteiger partial charge in [0.15, 0.2) is 5.78 Å². The lowest BCUT2D eigenvalue weighted by molar-refractivity contribution is -0.137. The molecular formula is C18H23FN2O4S2. The highest BCUT2D eigenvalue weighted by atomic mass is 32.2. The maximum absolute atomic E-state index is 13.8. The quantitative estimate of drug-likeness (QED) is 0.523. The van der Waals surface area contributed by atoms with Crippen molar-refractivity contribution in [2.24, 2.45) is 0 Å². The van der Waals surface area contributed by atoms with Crippen LogP contribution >= 0.6 is 24.0 Å². The summed E-state index contributed by atoms with van der Waals surface area (Å²) in [5.41, 5.74) is 0.0289. The molecule has 148 valence electrons. The summed E-state index contributed by atoms with van der Waals surface area (Å²) >= 11 is 6.50. The predicted molar refractivity (Wildman–Crippen MR) is 107 cm³/mol. The van der Waals surface area contributed by atoms with Crippen LogP contribution in [0.25, 0.3) is 0 Å². The van der Waals surface area contributed by atoms with E-state index < -0.39 is 5.82 Å². The summed E-state index contributed by atoms with van der Waals surface area (Å²) in [7, 11) is 3.68. The summed E-state index contributed by atoms with van der Waals surface area (Å²) in [5.74, 6) is -0.362. The summed E-state index contributed by atoms with van der Waals surface area (Å²) in [4.78, 5) is 27.1. The molecule has 1 aliphatic heterocycles. The Labute approximate surface area is 168 Å². The first-order chi connectivity index (χ1) is 12.8. The lowest BCUT2D eigenvalue weighted by atomic mass is 10.1. The van der Waals surface area contributed by atoms with E-state index in [-0.39, 0.29) is 35.7 Å². The molecule has 2 rings (SSSR count). The number of rotatable bonds is 6. The fourth-order valence-electron chi connectivity index (χ4n) is 2.45. The number of carbonyl (C=O) groups is 2. The molecule has 0 saturated carbocycles. The minimum Gasteiger partial charge on any atom is -0.491 e. The number of nitrogens with zero attached hydrogens (tertiary/aromatic N) is 2. The Morgan fingerprint density at radius 2 is 2.19 bits per heavy atom. The molecule has 0 N–H and O–H groups in total. The van der Waals surface area contributed by atoms with Crippen molar-refractivity contribution in [3.63, 3.8) is 0 Å². The highest BCUT2D eigenvalue weighted by Gasteiger charge is 2.25. The average Bonchev–Trinajstić information content (AvgIpc) is 2.64. The summed E-state index contributed by atoms with van der Waals surface area (Å²) in [6.45, 7) is 2.84. The molecular weight excluding hydrogens is 391 g/mol. The normalized spacial score (nSPS) is 16.7. The van der Waals surface area contributed by atoms with Crippen LogP contribution in [-0.4, -0.2) is 78.1 Å². The minimum atomic E-state index is -0.616. The number of benzene rings is 1. The monoisotopic (exact) mass is 414 g/mol. The number of ketones is 1. The van der Waals surface area contributed by atoms with Crippen molar-refractivity contribution in [3.8, 4) is 5.75 Å². The van der Waals surface area contributed by atoms with Crippen molar-refractivity contribution in [1.82, 2.24) is 9.80 Å². The van der Waals surface area contributed by atoms with Crippen LogP contribution in [0.5, 0.6) is 5.75 Å². The van der Waals surface area contributed by atoms with Crippen molar-refractivity contribution in [2.75, 3.05) is 46.2 Å². The molecule has 1 heterocycles. The van der Waals surface area contributed by atoms with Crippen LogP contribution < -0.4 is 4.74 Å². The molecule has 1 saturated heterocycles. The van der Waals surface area contributed by atoms with Gasteiger partial charge in [0.25, 0.3) is 0 Å². The van der Waals surface area contributed by atoms with Crippen molar-refractivity contribution >= 4 is 40.0 Å². The average molecular weight is 415 g/mol. The van der Waals surface area contributed by atoms with E-state index in [1.807, 2.05) is 14.1 Å². The zero-order valence-electron chi connectivity index (χ0n) is 15.6.